The van der Waals surface area contributed by atoms with E-state index in [1.54, 1.807) is 0 Å². The summed E-state index contributed by atoms with van der Waals surface area (Å²) in [6.45, 7) is 6.56. The number of carbonyl (C=O) groups is 1. The number of hydrogen-bond donors (Lipinski definition) is 0. The Labute approximate surface area is 85.7 Å². The van der Waals surface area contributed by atoms with E-state index in [9.17, 15) is 4.79 Å². The lowest BCUT2D eigenvalue weighted by atomic mass is 9.76. The van der Waals surface area contributed by atoms with Crippen LogP contribution in [0.25, 0.3) is 0 Å². The Hall–Kier alpha value is 0.0200. The molecule has 0 spiro atoms. The van der Waals surface area contributed by atoms with Gasteiger partial charge in [0.25, 0.3) is 0 Å². The molecule has 2 atom stereocenters. The molecule has 0 heterocycles. The molecule has 0 radical (unpaired) electrons. The van der Waals surface area contributed by atoms with E-state index in [4.69, 9.17) is 0 Å². The molecular weight excluding hydrogens is 180 g/mol. The van der Waals surface area contributed by atoms with Crippen LogP contribution in [0.4, 0.5) is 0 Å². The van der Waals surface area contributed by atoms with Crippen LogP contribution >= 0.6 is 11.8 Å². The summed E-state index contributed by atoms with van der Waals surface area (Å²) >= 11 is 1.82. The first kappa shape index (κ1) is 11.1. The van der Waals surface area contributed by atoms with Crippen LogP contribution in [0, 0.1) is 11.8 Å². The van der Waals surface area contributed by atoms with Crippen LogP contribution in [-0.2, 0) is 4.79 Å². The summed E-state index contributed by atoms with van der Waals surface area (Å²) in [5.41, 5.74) is 0. The topological polar surface area (TPSA) is 17.1 Å². The molecule has 1 aliphatic carbocycles. The number of hydrogen-bond acceptors (Lipinski definition) is 2. The third kappa shape index (κ3) is 2.49. The van der Waals surface area contributed by atoms with E-state index >= 15 is 0 Å². The third-order valence-corrected chi connectivity index (χ3v) is 4.59. The molecule has 0 saturated heterocycles. The van der Waals surface area contributed by atoms with Crippen LogP contribution in [0.3, 0.4) is 0 Å². The molecule has 1 fully saturated rings. The fourth-order valence-electron chi connectivity index (χ4n) is 2.08. The van der Waals surface area contributed by atoms with E-state index in [1.807, 2.05) is 11.8 Å². The van der Waals surface area contributed by atoms with E-state index in [-0.39, 0.29) is 4.75 Å². The minimum atomic E-state index is 0.136. The van der Waals surface area contributed by atoms with Crippen LogP contribution in [0.1, 0.15) is 40.0 Å². The molecular formula is C11H20OS. The van der Waals surface area contributed by atoms with Crippen LogP contribution in [-0.4, -0.2) is 16.8 Å². The molecule has 0 unspecified atom stereocenters. The molecule has 0 aromatic rings. The predicted molar refractivity (Wildman–Crippen MR) is 59.1 cm³/mol. The second-order valence-electron chi connectivity index (χ2n) is 4.71. The molecule has 0 aliphatic heterocycles. The fraction of sp³-hybridized carbons (Fsp3) is 0.909. The molecule has 0 N–H and O–H groups in total. The van der Waals surface area contributed by atoms with Gasteiger partial charge in [0.1, 0.15) is 5.78 Å². The van der Waals surface area contributed by atoms with Crippen molar-refractivity contribution < 1.29 is 4.79 Å². The van der Waals surface area contributed by atoms with Crippen molar-refractivity contribution in [3.8, 4) is 0 Å². The summed E-state index contributed by atoms with van der Waals surface area (Å²) in [6, 6.07) is 0. The first-order valence-corrected chi connectivity index (χ1v) is 6.27. The summed E-state index contributed by atoms with van der Waals surface area (Å²) in [7, 11) is 0. The predicted octanol–water partition coefficient (Wildman–Crippen LogP) is 3.13. The number of rotatable bonds is 2. The number of carbonyl (C=O) groups excluding carboxylic acids is 1. The van der Waals surface area contributed by atoms with Gasteiger partial charge in [-0.05, 0) is 25.0 Å². The normalized spacial score (nSPS) is 30.6. The Morgan fingerprint density at radius 1 is 1.38 bits per heavy atom. The Morgan fingerprint density at radius 3 is 2.46 bits per heavy atom. The largest absolute Gasteiger partial charge is 0.299 e. The van der Waals surface area contributed by atoms with E-state index in [0.29, 0.717) is 17.6 Å². The zero-order valence-corrected chi connectivity index (χ0v) is 9.91. The van der Waals surface area contributed by atoms with Gasteiger partial charge in [-0.15, -0.1) is 0 Å². The molecule has 0 amide bonds. The number of ketones is 1. The Morgan fingerprint density at radius 2 is 2.00 bits per heavy atom. The minimum absolute atomic E-state index is 0.136. The first-order chi connectivity index (χ1) is 5.97. The summed E-state index contributed by atoms with van der Waals surface area (Å²) in [4.78, 5) is 11.8. The molecule has 2 heteroatoms. The van der Waals surface area contributed by atoms with Gasteiger partial charge in [-0.25, -0.2) is 0 Å². The zero-order chi connectivity index (χ0) is 10.1. The molecule has 13 heavy (non-hydrogen) atoms. The monoisotopic (exact) mass is 200 g/mol. The highest BCUT2D eigenvalue weighted by Gasteiger charge is 2.37. The average Bonchev–Trinajstić information content (AvgIpc) is 2.03. The highest BCUT2D eigenvalue weighted by molar-refractivity contribution is 8.00. The van der Waals surface area contributed by atoms with Gasteiger partial charge in [0, 0.05) is 17.1 Å². The van der Waals surface area contributed by atoms with Crippen molar-refractivity contribution in [1.82, 2.24) is 0 Å². The molecule has 1 nitrogen and oxygen atoms in total. The lowest BCUT2D eigenvalue weighted by Crippen LogP contribution is -2.37. The smallest absolute Gasteiger partial charge is 0.137 e. The summed E-state index contributed by atoms with van der Waals surface area (Å²) in [5.74, 6) is 1.39. The summed E-state index contributed by atoms with van der Waals surface area (Å²) in [5, 5.41) is 0. The molecule has 0 bridgehead atoms. The van der Waals surface area contributed by atoms with Gasteiger partial charge < -0.3 is 0 Å². The summed E-state index contributed by atoms with van der Waals surface area (Å²) in [6.07, 6.45) is 5.22. The van der Waals surface area contributed by atoms with Gasteiger partial charge in [-0.2, -0.15) is 11.8 Å². The van der Waals surface area contributed by atoms with Crippen LogP contribution in [0.5, 0.6) is 0 Å². The fourth-order valence-corrected chi connectivity index (χ4v) is 2.61. The van der Waals surface area contributed by atoms with E-state index in [2.05, 4.69) is 27.0 Å². The Kier molecular flexibility index (Phi) is 3.44. The highest BCUT2D eigenvalue weighted by Crippen LogP contribution is 2.39. The number of Topliss-reactive ketones (excluding diaryl/α,β-unsaturated/α-hetero) is 1. The highest BCUT2D eigenvalue weighted by atomic mass is 32.2. The maximum Gasteiger partial charge on any atom is 0.137 e. The van der Waals surface area contributed by atoms with Crippen molar-refractivity contribution in [1.29, 1.82) is 0 Å². The Bertz CT molecular complexity index is 198. The second-order valence-corrected chi connectivity index (χ2v) is 6.17. The summed E-state index contributed by atoms with van der Waals surface area (Å²) < 4.78 is 0.136. The van der Waals surface area contributed by atoms with Crippen molar-refractivity contribution in [2.24, 2.45) is 11.8 Å². The van der Waals surface area contributed by atoms with Crippen molar-refractivity contribution in [2.45, 2.75) is 44.8 Å². The maximum atomic E-state index is 11.8. The van der Waals surface area contributed by atoms with Crippen molar-refractivity contribution in [2.75, 3.05) is 6.26 Å². The maximum absolute atomic E-state index is 11.8. The van der Waals surface area contributed by atoms with Crippen molar-refractivity contribution >= 4 is 17.5 Å². The van der Waals surface area contributed by atoms with Gasteiger partial charge in [-0.3, -0.25) is 4.79 Å². The zero-order valence-electron chi connectivity index (χ0n) is 9.09. The molecule has 1 aliphatic rings. The molecule has 1 rings (SSSR count). The molecule has 0 aromatic carbocycles. The van der Waals surface area contributed by atoms with E-state index in [0.717, 1.165) is 12.8 Å². The van der Waals surface area contributed by atoms with Gasteiger partial charge in [0.2, 0.25) is 0 Å². The minimum Gasteiger partial charge on any atom is -0.299 e. The first-order valence-electron chi connectivity index (χ1n) is 5.05. The van der Waals surface area contributed by atoms with Gasteiger partial charge in [0.05, 0.1) is 0 Å². The van der Waals surface area contributed by atoms with Gasteiger partial charge >= 0.3 is 0 Å². The molecule has 1 saturated carbocycles. The average molecular weight is 200 g/mol. The van der Waals surface area contributed by atoms with Crippen LogP contribution in [0.2, 0.25) is 0 Å². The van der Waals surface area contributed by atoms with Gasteiger partial charge in [0.15, 0.2) is 0 Å². The lowest BCUT2D eigenvalue weighted by Gasteiger charge is -2.36. The SMILES string of the molecule is CSC(C)(C)[C@@H]1CC[C@H](C)CC1=O. The molecule has 0 aromatic heterocycles. The molecule has 76 valence electrons. The van der Waals surface area contributed by atoms with Crippen LogP contribution < -0.4 is 0 Å². The van der Waals surface area contributed by atoms with Crippen LogP contribution in [0.15, 0.2) is 0 Å². The third-order valence-electron chi connectivity index (χ3n) is 3.25. The second kappa shape index (κ2) is 4.04. The van der Waals surface area contributed by atoms with Crippen molar-refractivity contribution in [3.05, 3.63) is 0 Å². The lowest BCUT2D eigenvalue weighted by molar-refractivity contribution is -0.126. The van der Waals surface area contributed by atoms with Crippen molar-refractivity contribution in [3.63, 3.8) is 0 Å². The Balaban J connectivity index is 2.66. The number of thioether (sulfide) groups is 1. The van der Waals surface area contributed by atoms with E-state index < -0.39 is 0 Å². The van der Waals surface area contributed by atoms with E-state index in [1.165, 1.54) is 6.42 Å². The quantitative estimate of drug-likeness (QED) is 0.681. The standard InChI is InChI=1S/C11H20OS/c1-8-5-6-9(10(12)7-8)11(2,3)13-4/h8-9H,5-7H2,1-4H3/t8-,9+/m0/s1. The van der Waals surface area contributed by atoms with Gasteiger partial charge in [-0.1, -0.05) is 20.8 Å².